The molecule has 0 radical (unpaired) electrons. The smallest absolute Gasteiger partial charge is 0.145 e. The number of nitrogens with zero attached hydrogens (tertiary/aromatic N) is 1. The maximum absolute atomic E-state index is 13.8. The Bertz CT molecular complexity index is 529. The molecule has 1 aliphatic carbocycles. The highest BCUT2D eigenvalue weighted by atomic mass is 19.1. The van der Waals surface area contributed by atoms with E-state index in [-0.39, 0.29) is 5.82 Å². The van der Waals surface area contributed by atoms with Crippen molar-refractivity contribution in [3.8, 4) is 11.3 Å². The van der Waals surface area contributed by atoms with Gasteiger partial charge in [-0.25, -0.2) is 4.39 Å². The first-order valence-electron chi connectivity index (χ1n) is 5.35. The molecule has 1 saturated carbocycles. The maximum Gasteiger partial charge on any atom is 0.145 e. The molecule has 2 aromatic rings. The molecule has 4 heteroatoms. The fourth-order valence-corrected chi connectivity index (χ4v) is 1.91. The van der Waals surface area contributed by atoms with E-state index in [0.29, 0.717) is 11.7 Å². The number of aromatic nitrogens is 2. The van der Waals surface area contributed by atoms with Gasteiger partial charge in [-0.05, 0) is 30.4 Å². The number of anilines is 1. The van der Waals surface area contributed by atoms with Crippen LogP contribution in [0.15, 0.2) is 24.3 Å². The quantitative estimate of drug-likeness (QED) is 0.812. The topological polar surface area (TPSA) is 54.7 Å². The predicted octanol–water partition coefficient (Wildman–Crippen LogP) is 2.68. The summed E-state index contributed by atoms with van der Waals surface area (Å²) in [6.07, 6.45) is 2.21. The maximum atomic E-state index is 13.8. The van der Waals surface area contributed by atoms with Crippen molar-refractivity contribution in [3.05, 3.63) is 35.6 Å². The Morgan fingerprint density at radius 3 is 2.69 bits per heavy atom. The van der Waals surface area contributed by atoms with E-state index in [0.717, 1.165) is 29.7 Å². The van der Waals surface area contributed by atoms with Crippen molar-refractivity contribution < 1.29 is 4.39 Å². The zero-order valence-electron chi connectivity index (χ0n) is 8.70. The van der Waals surface area contributed by atoms with E-state index >= 15 is 0 Å². The summed E-state index contributed by atoms with van der Waals surface area (Å²) in [6, 6.07) is 7.01. The highest BCUT2D eigenvalue weighted by molar-refractivity contribution is 5.62. The summed E-state index contributed by atoms with van der Waals surface area (Å²) in [5, 5.41) is 6.59. The molecule has 82 valence electrons. The molecule has 3 nitrogen and oxygen atoms in total. The van der Waals surface area contributed by atoms with Crippen LogP contribution in [-0.2, 0) is 0 Å². The van der Waals surface area contributed by atoms with Gasteiger partial charge in [-0.15, -0.1) is 0 Å². The Kier molecular flexibility index (Phi) is 1.96. The average molecular weight is 217 g/mol. The van der Waals surface area contributed by atoms with Crippen LogP contribution in [0.5, 0.6) is 0 Å². The highest BCUT2D eigenvalue weighted by Gasteiger charge is 2.26. The number of nitrogens with one attached hydrogen (secondary N) is 1. The Hall–Kier alpha value is -1.84. The van der Waals surface area contributed by atoms with E-state index in [9.17, 15) is 4.39 Å². The molecule has 0 spiro atoms. The lowest BCUT2D eigenvalue weighted by Gasteiger charge is -2.03. The van der Waals surface area contributed by atoms with Gasteiger partial charge in [0, 0.05) is 11.6 Å². The van der Waals surface area contributed by atoms with Crippen molar-refractivity contribution in [3.63, 3.8) is 0 Å². The Balaban J connectivity index is 1.99. The molecule has 3 rings (SSSR count). The van der Waals surface area contributed by atoms with Gasteiger partial charge in [-0.1, -0.05) is 12.1 Å². The summed E-state index contributed by atoms with van der Waals surface area (Å²) in [4.78, 5) is 0. The van der Waals surface area contributed by atoms with Gasteiger partial charge in [0.15, 0.2) is 0 Å². The second kappa shape index (κ2) is 3.33. The number of benzene rings is 1. The molecular weight excluding hydrogens is 205 g/mol. The van der Waals surface area contributed by atoms with Crippen molar-refractivity contribution in [2.24, 2.45) is 0 Å². The number of aromatic amines is 1. The number of H-pyrrole nitrogens is 1. The molecular formula is C12H12FN3. The summed E-state index contributed by atoms with van der Waals surface area (Å²) in [5.74, 6) is 0.718. The lowest BCUT2D eigenvalue weighted by Crippen LogP contribution is -1.88. The van der Waals surface area contributed by atoms with E-state index in [2.05, 4.69) is 10.2 Å². The van der Waals surface area contributed by atoms with E-state index < -0.39 is 0 Å². The number of hydrogen-bond acceptors (Lipinski definition) is 2. The molecule has 16 heavy (non-hydrogen) atoms. The molecule has 0 atom stereocenters. The van der Waals surface area contributed by atoms with Gasteiger partial charge in [-0.2, -0.15) is 5.10 Å². The van der Waals surface area contributed by atoms with Crippen molar-refractivity contribution in [1.82, 2.24) is 10.2 Å². The lowest BCUT2D eigenvalue weighted by molar-refractivity contribution is 0.611. The van der Waals surface area contributed by atoms with Gasteiger partial charge in [-0.3, -0.25) is 5.10 Å². The largest absolute Gasteiger partial charge is 0.382 e. The van der Waals surface area contributed by atoms with Gasteiger partial charge < -0.3 is 5.73 Å². The highest BCUT2D eigenvalue weighted by Crippen LogP contribution is 2.41. The molecule has 1 aromatic heterocycles. The molecule has 0 bridgehead atoms. The summed E-state index contributed by atoms with van der Waals surface area (Å²) >= 11 is 0. The third-order valence-electron chi connectivity index (χ3n) is 2.93. The number of rotatable bonds is 2. The van der Waals surface area contributed by atoms with Crippen LogP contribution < -0.4 is 5.73 Å². The van der Waals surface area contributed by atoms with Gasteiger partial charge >= 0.3 is 0 Å². The van der Waals surface area contributed by atoms with E-state index in [1.807, 2.05) is 12.1 Å². The van der Waals surface area contributed by atoms with Crippen molar-refractivity contribution in [1.29, 1.82) is 0 Å². The Morgan fingerprint density at radius 2 is 2.12 bits per heavy atom. The second-order valence-corrected chi connectivity index (χ2v) is 4.22. The molecule has 0 aliphatic heterocycles. The number of nitrogens with two attached hydrogens (primary N) is 1. The van der Waals surface area contributed by atoms with Crippen LogP contribution in [-0.4, -0.2) is 10.2 Å². The third-order valence-corrected chi connectivity index (χ3v) is 2.93. The monoisotopic (exact) mass is 217 g/mol. The molecule has 0 saturated heterocycles. The number of hydrogen-bond donors (Lipinski definition) is 2. The second-order valence-electron chi connectivity index (χ2n) is 4.22. The number of halogens is 1. The minimum absolute atomic E-state index is 0.131. The third kappa shape index (κ3) is 1.56. The summed E-state index contributed by atoms with van der Waals surface area (Å²) < 4.78 is 13.8. The standard InChI is InChI=1S/C12H12FN3/c13-10-5-8(11-6-12(14)16-15-11)3-4-9(10)7-1-2-7/h3-7H,1-2H2,(H3,14,15,16). The molecule has 1 heterocycles. The Labute approximate surface area is 92.5 Å². The minimum atomic E-state index is -0.131. The summed E-state index contributed by atoms with van der Waals surface area (Å²) in [5.41, 5.74) is 7.87. The Morgan fingerprint density at radius 1 is 1.31 bits per heavy atom. The van der Waals surface area contributed by atoms with Gasteiger partial charge in [0.1, 0.15) is 11.6 Å². The van der Waals surface area contributed by atoms with Gasteiger partial charge in [0.05, 0.1) is 5.69 Å². The van der Waals surface area contributed by atoms with E-state index in [1.165, 1.54) is 0 Å². The normalized spacial score (nSPS) is 15.3. The van der Waals surface area contributed by atoms with E-state index in [4.69, 9.17) is 5.73 Å². The first kappa shape index (κ1) is 9.39. The zero-order chi connectivity index (χ0) is 11.1. The molecule has 1 aliphatic rings. The van der Waals surface area contributed by atoms with Gasteiger partial charge in [0.2, 0.25) is 0 Å². The fraction of sp³-hybridized carbons (Fsp3) is 0.250. The molecule has 3 N–H and O–H groups in total. The van der Waals surface area contributed by atoms with E-state index in [1.54, 1.807) is 12.1 Å². The van der Waals surface area contributed by atoms with Crippen LogP contribution in [0.4, 0.5) is 10.2 Å². The fourth-order valence-electron chi connectivity index (χ4n) is 1.91. The van der Waals surface area contributed by atoms with Crippen molar-refractivity contribution in [2.75, 3.05) is 5.73 Å². The SMILES string of the molecule is Nc1cc(-c2ccc(C3CC3)c(F)c2)[nH]n1. The van der Waals surface area contributed by atoms with Crippen LogP contribution in [0.1, 0.15) is 24.3 Å². The minimum Gasteiger partial charge on any atom is -0.382 e. The lowest BCUT2D eigenvalue weighted by atomic mass is 10.1. The van der Waals surface area contributed by atoms with Crippen LogP contribution in [0, 0.1) is 5.82 Å². The first-order valence-corrected chi connectivity index (χ1v) is 5.35. The van der Waals surface area contributed by atoms with Gasteiger partial charge in [0.25, 0.3) is 0 Å². The average Bonchev–Trinajstić information content (AvgIpc) is 3.01. The molecule has 0 unspecified atom stereocenters. The van der Waals surface area contributed by atoms with Crippen LogP contribution in [0.3, 0.4) is 0 Å². The van der Waals surface area contributed by atoms with Crippen LogP contribution in [0.25, 0.3) is 11.3 Å². The molecule has 1 aromatic carbocycles. The summed E-state index contributed by atoms with van der Waals surface area (Å²) in [7, 11) is 0. The van der Waals surface area contributed by atoms with Crippen molar-refractivity contribution >= 4 is 5.82 Å². The number of nitrogen functional groups attached to an aromatic ring is 1. The zero-order valence-corrected chi connectivity index (χ0v) is 8.70. The summed E-state index contributed by atoms with van der Waals surface area (Å²) in [6.45, 7) is 0. The van der Waals surface area contributed by atoms with Crippen molar-refractivity contribution in [2.45, 2.75) is 18.8 Å². The van der Waals surface area contributed by atoms with Crippen LogP contribution >= 0.6 is 0 Å². The first-order chi connectivity index (χ1) is 7.74. The molecule has 1 fully saturated rings. The van der Waals surface area contributed by atoms with Crippen LogP contribution in [0.2, 0.25) is 0 Å². The predicted molar refractivity (Wildman–Crippen MR) is 60.4 cm³/mol. The molecule has 0 amide bonds.